The maximum absolute atomic E-state index is 14.6. The molecular weight excluding hydrogens is 337 g/mol. The molecule has 0 aliphatic rings. The Kier molecular flexibility index (Phi) is 5.76. The van der Waals surface area contributed by atoms with Crippen LogP contribution >= 0.6 is 11.6 Å². The third-order valence-corrected chi connectivity index (χ3v) is 3.81. The molecule has 0 heterocycles. The predicted molar refractivity (Wildman–Crippen MR) is 88.3 cm³/mol. The first-order chi connectivity index (χ1) is 11.5. The van der Waals surface area contributed by atoms with Crippen LogP contribution in [0.4, 0.5) is 14.9 Å². The lowest BCUT2D eigenvalue weighted by molar-refractivity contribution is -0.108. The van der Waals surface area contributed by atoms with Crippen LogP contribution in [0.25, 0.3) is 0 Å². The zero-order valence-corrected chi connectivity index (χ0v) is 13.5. The number of carboxylic acid groups (broad SMARTS) is 1. The number of anilines is 1. The van der Waals surface area contributed by atoms with Gasteiger partial charge in [0.1, 0.15) is 12.0 Å². The predicted octanol–water partition coefficient (Wildman–Crippen LogP) is 4.30. The maximum Gasteiger partial charge on any atom is 0.412 e. The number of aldehydes is 1. The zero-order valence-electron chi connectivity index (χ0n) is 12.8. The molecule has 2 aromatic rings. The molecule has 2 rings (SSSR count). The van der Waals surface area contributed by atoms with Crippen LogP contribution in [-0.2, 0) is 4.79 Å². The van der Waals surface area contributed by atoms with E-state index in [1.807, 2.05) is 0 Å². The van der Waals surface area contributed by atoms with Crippen molar-refractivity contribution in [2.75, 3.05) is 12.0 Å². The van der Waals surface area contributed by atoms with Crippen LogP contribution in [0, 0.1) is 5.82 Å². The number of carbonyl (C=O) groups is 2. The molecule has 1 atom stereocenters. The van der Waals surface area contributed by atoms with E-state index in [1.165, 1.54) is 19.2 Å². The lowest BCUT2D eigenvalue weighted by atomic mass is 10.00. The average molecular weight is 352 g/mol. The molecule has 0 bridgehead atoms. The summed E-state index contributed by atoms with van der Waals surface area (Å²) in [5.41, 5.74) is 0.224. The highest BCUT2D eigenvalue weighted by Crippen LogP contribution is 2.38. The minimum absolute atomic E-state index is 0.0802. The van der Waals surface area contributed by atoms with Gasteiger partial charge in [0.05, 0.1) is 23.7 Å². The van der Waals surface area contributed by atoms with Crippen molar-refractivity contribution in [3.63, 3.8) is 0 Å². The van der Waals surface area contributed by atoms with E-state index in [1.54, 1.807) is 30.3 Å². The fourth-order valence-electron chi connectivity index (χ4n) is 2.49. The second kappa shape index (κ2) is 7.79. The second-order valence-electron chi connectivity index (χ2n) is 4.88. The highest BCUT2D eigenvalue weighted by Gasteiger charge is 2.32. The van der Waals surface area contributed by atoms with E-state index in [-0.39, 0.29) is 22.8 Å². The van der Waals surface area contributed by atoms with E-state index in [0.717, 1.165) is 4.90 Å². The van der Waals surface area contributed by atoms with Crippen LogP contribution in [0.3, 0.4) is 0 Å². The van der Waals surface area contributed by atoms with Crippen molar-refractivity contribution in [3.8, 4) is 5.75 Å². The number of benzene rings is 2. The van der Waals surface area contributed by atoms with Crippen LogP contribution in [0.2, 0.25) is 5.02 Å². The van der Waals surface area contributed by atoms with Crippen molar-refractivity contribution in [2.45, 2.75) is 12.5 Å². The van der Waals surface area contributed by atoms with Gasteiger partial charge >= 0.3 is 6.09 Å². The lowest BCUT2D eigenvalue weighted by Gasteiger charge is -2.30. The van der Waals surface area contributed by atoms with Gasteiger partial charge in [0, 0.05) is 12.1 Å². The molecule has 1 amide bonds. The summed E-state index contributed by atoms with van der Waals surface area (Å²) in [6.07, 6.45) is -1.05. The average Bonchev–Trinajstić information content (AvgIpc) is 2.57. The molecule has 0 aromatic heterocycles. The summed E-state index contributed by atoms with van der Waals surface area (Å²) in [4.78, 5) is 23.8. The molecule has 1 unspecified atom stereocenters. The van der Waals surface area contributed by atoms with Gasteiger partial charge in [-0.3, -0.25) is 4.90 Å². The Hall–Kier alpha value is -2.60. The number of methoxy groups -OCH3 is 1. The molecule has 126 valence electrons. The van der Waals surface area contributed by atoms with Gasteiger partial charge in [-0.1, -0.05) is 29.8 Å². The standard InChI is InChI=1S/C17H15ClFNO4/c1-24-14-8-7-12(18)16(19)15(14)13(9-10-21)20(17(22)23)11-5-3-2-4-6-11/h2-8,10,13H,9H2,1H3,(H,22,23). The van der Waals surface area contributed by atoms with E-state index in [4.69, 9.17) is 16.3 Å². The minimum atomic E-state index is -1.32. The van der Waals surface area contributed by atoms with Crippen LogP contribution < -0.4 is 9.64 Å². The van der Waals surface area contributed by atoms with Crippen LogP contribution in [-0.4, -0.2) is 24.6 Å². The number of amides is 1. The molecule has 7 heteroatoms. The third kappa shape index (κ3) is 3.49. The van der Waals surface area contributed by atoms with Gasteiger partial charge in [0.2, 0.25) is 0 Å². The summed E-state index contributed by atoms with van der Waals surface area (Å²) in [5.74, 6) is -0.698. The van der Waals surface area contributed by atoms with Crippen molar-refractivity contribution < 1.29 is 23.8 Å². The lowest BCUT2D eigenvalue weighted by Crippen LogP contribution is -2.34. The fraction of sp³-hybridized carbons (Fsp3) is 0.176. The molecule has 0 radical (unpaired) electrons. The smallest absolute Gasteiger partial charge is 0.412 e. The van der Waals surface area contributed by atoms with E-state index in [9.17, 15) is 19.1 Å². The van der Waals surface area contributed by atoms with Crippen molar-refractivity contribution in [1.29, 1.82) is 0 Å². The van der Waals surface area contributed by atoms with Crippen molar-refractivity contribution in [2.24, 2.45) is 0 Å². The molecule has 0 aliphatic carbocycles. The normalized spacial score (nSPS) is 11.6. The molecule has 2 aromatic carbocycles. The quantitative estimate of drug-likeness (QED) is 0.788. The Morgan fingerprint density at radius 1 is 1.33 bits per heavy atom. The topological polar surface area (TPSA) is 66.8 Å². The van der Waals surface area contributed by atoms with Gasteiger partial charge < -0.3 is 14.6 Å². The van der Waals surface area contributed by atoms with Gasteiger partial charge in [-0.15, -0.1) is 0 Å². The monoisotopic (exact) mass is 351 g/mol. The van der Waals surface area contributed by atoms with E-state index < -0.39 is 18.0 Å². The van der Waals surface area contributed by atoms with Gasteiger partial charge in [-0.05, 0) is 24.3 Å². The molecular formula is C17H15ClFNO4. The molecule has 0 aliphatic heterocycles. The van der Waals surface area contributed by atoms with Crippen molar-refractivity contribution in [3.05, 3.63) is 58.9 Å². The number of para-hydroxylation sites is 1. The third-order valence-electron chi connectivity index (χ3n) is 3.52. The number of carbonyl (C=O) groups excluding carboxylic acids is 1. The highest BCUT2D eigenvalue weighted by atomic mass is 35.5. The zero-order chi connectivity index (χ0) is 17.7. The minimum Gasteiger partial charge on any atom is -0.496 e. The Labute approximate surface area is 143 Å². The first kappa shape index (κ1) is 17.7. The van der Waals surface area contributed by atoms with Crippen molar-refractivity contribution in [1.82, 2.24) is 0 Å². The van der Waals surface area contributed by atoms with Crippen LogP contribution in [0.1, 0.15) is 18.0 Å². The summed E-state index contributed by atoms with van der Waals surface area (Å²) >= 11 is 5.83. The summed E-state index contributed by atoms with van der Waals surface area (Å²) < 4.78 is 19.8. The number of ether oxygens (including phenoxy) is 1. The van der Waals surface area contributed by atoms with Gasteiger partial charge in [0.25, 0.3) is 0 Å². The molecule has 1 N–H and O–H groups in total. The Bertz CT molecular complexity index is 739. The molecule has 0 fully saturated rings. The van der Waals surface area contributed by atoms with Crippen LogP contribution in [0.15, 0.2) is 42.5 Å². The van der Waals surface area contributed by atoms with E-state index in [2.05, 4.69) is 0 Å². The molecule has 0 saturated carbocycles. The second-order valence-corrected chi connectivity index (χ2v) is 5.29. The fourth-order valence-corrected chi connectivity index (χ4v) is 2.66. The van der Waals surface area contributed by atoms with E-state index >= 15 is 0 Å². The summed E-state index contributed by atoms with van der Waals surface area (Å²) in [6.45, 7) is 0. The summed E-state index contributed by atoms with van der Waals surface area (Å²) in [6, 6.07) is 9.76. The highest BCUT2D eigenvalue weighted by molar-refractivity contribution is 6.30. The molecule has 24 heavy (non-hydrogen) atoms. The Morgan fingerprint density at radius 3 is 2.54 bits per heavy atom. The number of nitrogens with zero attached hydrogens (tertiary/aromatic N) is 1. The summed E-state index contributed by atoms with van der Waals surface area (Å²) in [5, 5.41) is 9.44. The van der Waals surface area contributed by atoms with E-state index in [0.29, 0.717) is 12.0 Å². The maximum atomic E-state index is 14.6. The van der Waals surface area contributed by atoms with Gasteiger partial charge in [0.15, 0.2) is 5.82 Å². The Morgan fingerprint density at radius 2 is 2.00 bits per heavy atom. The SMILES string of the molecule is COc1ccc(Cl)c(F)c1C(CC=O)N(C(=O)O)c1ccccc1. The largest absolute Gasteiger partial charge is 0.496 e. The van der Waals surface area contributed by atoms with Crippen LogP contribution in [0.5, 0.6) is 5.75 Å². The molecule has 5 nitrogen and oxygen atoms in total. The van der Waals surface area contributed by atoms with Gasteiger partial charge in [-0.25, -0.2) is 9.18 Å². The van der Waals surface area contributed by atoms with Crippen molar-refractivity contribution >= 4 is 29.7 Å². The molecule has 0 saturated heterocycles. The number of halogens is 2. The number of hydrogen-bond acceptors (Lipinski definition) is 3. The number of rotatable bonds is 6. The number of hydrogen-bond donors (Lipinski definition) is 1. The first-order valence-electron chi connectivity index (χ1n) is 7.04. The van der Waals surface area contributed by atoms with Gasteiger partial charge in [-0.2, -0.15) is 0 Å². The first-order valence-corrected chi connectivity index (χ1v) is 7.41. The summed E-state index contributed by atoms with van der Waals surface area (Å²) in [7, 11) is 1.33. The molecule has 0 spiro atoms. The Balaban J connectivity index is 2.66.